The van der Waals surface area contributed by atoms with Crippen molar-refractivity contribution < 1.29 is 14.3 Å². The van der Waals surface area contributed by atoms with Gasteiger partial charge in [-0.2, -0.15) is 0 Å². The van der Waals surface area contributed by atoms with Crippen molar-refractivity contribution in [3.63, 3.8) is 0 Å². The van der Waals surface area contributed by atoms with Gasteiger partial charge in [-0.05, 0) is 57.0 Å². The van der Waals surface area contributed by atoms with Crippen LogP contribution in [0.1, 0.15) is 33.3 Å². The van der Waals surface area contributed by atoms with E-state index in [0.717, 1.165) is 16.0 Å². The Morgan fingerprint density at radius 3 is 2.54 bits per heavy atom. The summed E-state index contributed by atoms with van der Waals surface area (Å²) in [5, 5.41) is 3.81. The van der Waals surface area contributed by atoms with E-state index in [-0.39, 0.29) is 5.91 Å². The van der Waals surface area contributed by atoms with Crippen molar-refractivity contribution in [2.75, 3.05) is 5.32 Å². The number of halogens is 1. The van der Waals surface area contributed by atoms with Crippen LogP contribution in [0.15, 0.2) is 18.2 Å². The molecule has 5 nitrogen and oxygen atoms in total. The van der Waals surface area contributed by atoms with Gasteiger partial charge in [0.1, 0.15) is 10.8 Å². The van der Waals surface area contributed by atoms with Crippen molar-refractivity contribution in [3.8, 4) is 5.75 Å². The molecule has 2 aromatic rings. The molecule has 1 aromatic heterocycles. The highest BCUT2D eigenvalue weighted by Gasteiger charge is 2.22. The van der Waals surface area contributed by atoms with Crippen molar-refractivity contribution in [2.24, 2.45) is 5.73 Å². The Labute approximate surface area is 149 Å². The first kappa shape index (κ1) is 18.3. The van der Waals surface area contributed by atoms with E-state index in [4.69, 9.17) is 22.1 Å². The molecule has 128 valence electrons. The third-order valence-corrected chi connectivity index (χ3v) is 5.23. The van der Waals surface area contributed by atoms with E-state index >= 15 is 0 Å². The molecular formula is C17H19ClN2O3S. The molecule has 1 aromatic carbocycles. The number of primary amides is 1. The summed E-state index contributed by atoms with van der Waals surface area (Å²) in [5.41, 5.74) is 7.40. The number of carbonyl (C=O) groups is 2. The quantitative estimate of drug-likeness (QED) is 0.843. The molecule has 7 heteroatoms. The number of carbonyl (C=O) groups excluding carboxylic acids is 2. The fraction of sp³-hybridized carbons (Fsp3) is 0.294. The van der Waals surface area contributed by atoms with Crippen LogP contribution in [0.5, 0.6) is 5.75 Å². The van der Waals surface area contributed by atoms with Gasteiger partial charge >= 0.3 is 0 Å². The average Bonchev–Trinajstić information content (AvgIpc) is 2.77. The number of hydrogen-bond donors (Lipinski definition) is 2. The number of aryl methyl sites for hydroxylation is 2. The zero-order valence-electron chi connectivity index (χ0n) is 13.9. The number of amides is 2. The molecule has 2 rings (SSSR count). The molecule has 0 aliphatic heterocycles. The van der Waals surface area contributed by atoms with Gasteiger partial charge in [0.15, 0.2) is 6.10 Å². The normalized spacial score (nSPS) is 11.9. The maximum atomic E-state index is 12.4. The molecule has 0 saturated carbocycles. The molecule has 3 N–H and O–H groups in total. The number of anilines is 1. The Balaban J connectivity index is 2.13. The maximum Gasteiger partial charge on any atom is 0.265 e. The van der Waals surface area contributed by atoms with Gasteiger partial charge in [0.05, 0.1) is 5.56 Å². The van der Waals surface area contributed by atoms with Crippen LogP contribution in [0.25, 0.3) is 0 Å². The topological polar surface area (TPSA) is 81.4 Å². The maximum absolute atomic E-state index is 12.4. The molecule has 0 aliphatic rings. The minimum atomic E-state index is -0.742. The van der Waals surface area contributed by atoms with Gasteiger partial charge in [-0.1, -0.05) is 11.6 Å². The molecule has 0 saturated heterocycles. The fourth-order valence-electron chi connectivity index (χ4n) is 2.17. The highest BCUT2D eigenvalue weighted by atomic mass is 35.5. The number of benzene rings is 1. The lowest BCUT2D eigenvalue weighted by molar-refractivity contribution is -0.122. The minimum Gasteiger partial charge on any atom is -0.481 e. The van der Waals surface area contributed by atoms with Crippen LogP contribution in [0.2, 0.25) is 5.02 Å². The summed E-state index contributed by atoms with van der Waals surface area (Å²) in [6.07, 6.45) is -0.742. The molecule has 2 amide bonds. The van der Waals surface area contributed by atoms with Crippen molar-refractivity contribution in [2.45, 2.75) is 33.8 Å². The molecule has 0 fully saturated rings. The predicted octanol–water partition coefficient (Wildman–Crippen LogP) is 3.83. The van der Waals surface area contributed by atoms with Crippen molar-refractivity contribution in [1.82, 2.24) is 0 Å². The average molecular weight is 367 g/mol. The molecule has 1 atom stereocenters. The molecule has 1 unspecified atom stereocenters. The van der Waals surface area contributed by atoms with Crippen LogP contribution in [-0.4, -0.2) is 17.9 Å². The standard InChI is InChI=1S/C17H19ClN2O3S/c1-8-7-12(5-6-13(8)18)23-10(3)16(22)20-17-14(15(19)21)9(2)11(4)24-17/h5-7,10H,1-4H3,(H2,19,21)(H,20,22). The Bertz CT molecular complexity index is 801. The summed E-state index contributed by atoms with van der Waals surface area (Å²) >= 11 is 7.29. The van der Waals surface area contributed by atoms with E-state index in [1.807, 2.05) is 13.8 Å². The molecule has 24 heavy (non-hydrogen) atoms. The van der Waals surface area contributed by atoms with Gasteiger partial charge in [-0.15, -0.1) is 11.3 Å². The second-order valence-corrected chi connectivity index (χ2v) is 7.14. The van der Waals surface area contributed by atoms with Crippen LogP contribution in [0, 0.1) is 20.8 Å². The molecule has 0 bridgehead atoms. The lowest BCUT2D eigenvalue weighted by atomic mass is 10.1. The smallest absolute Gasteiger partial charge is 0.265 e. The highest BCUT2D eigenvalue weighted by molar-refractivity contribution is 7.16. The highest BCUT2D eigenvalue weighted by Crippen LogP contribution is 2.32. The number of ether oxygens (including phenoxy) is 1. The first-order valence-corrected chi connectivity index (χ1v) is 8.53. The van der Waals surface area contributed by atoms with Crippen molar-refractivity contribution in [1.29, 1.82) is 0 Å². The first-order valence-electron chi connectivity index (χ1n) is 7.34. The molecular weight excluding hydrogens is 348 g/mol. The van der Waals surface area contributed by atoms with E-state index in [9.17, 15) is 9.59 Å². The molecule has 0 aliphatic carbocycles. The second-order valence-electron chi connectivity index (χ2n) is 5.51. The van der Waals surface area contributed by atoms with Crippen LogP contribution in [-0.2, 0) is 4.79 Å². The Kier molecular flexibility index (Phi) is 5.51. The van der Waals surface area contributed by atoms with Gasteiger partial charge in [0.25, 0.3) is 11.8 Å². The lowest BCUT2D eigenvalue weighted by Crippen LogP contribution is -2.30. The van der Waals surface area contributed by atoms with Gasteiger partial charge in [0, 0.05) is 9.90 Å². The third-order valence-electron chi connectivity index (χ3n) is 3.68. The van der Waals surface area contributed by atoms with E-state index in [1.54, 1.807) is 32.0 Å². The Hall–Kier alpha value is -2.05. The van der Waals surface area contributed by atoms with Crippen LogP contribution < -0.4 is 15.8 Å². The lowest BCUT2D eigenvalue weighted by Gasteiger charge is -2.15. The third kappa shape index (κ3) is 3.88. The molecule has 1 heterocycles. The number of thiophene rings is 1. The van der Waals surface area contributed by atoms with E-state index in [1.165, 1.54) is 11.3 Å². The van der Waals surface area contributed by atoms with Gasteiger partial charge < -0.3 is 15.8 Å². The summed E-state index contributed by atoms with van der Waals surface area (Å²) in [4.78, 5) is 24.9. The van der Waals surface area contributed by atoms with Crippen LogP contribution in [0.4, 0.5) is 5.00 Å². The number of rotatable bonds is 5. The molecule has 0 spiro atoms. The van der Waals surface area contributed by atoms with Gasteiger partial charge in [0.2, 0.25) is 0 Å². The summed E-state index contributed by atoms with van der Waals surface area (Å²) < 4.78 is 5.64. The first-order chi connectivity index (χ1) is 11.2. The number of nitrogens with two attached hydrogens (primary N) is 1. The van der Waals surface area contributed by atoms with Crippen molar-refractivity contribution in [3.05, 3.63) is 44.8 Å². The summed E-state index contributed by atoms with van der Waals surface area (Å²) in [7, 11) is 0. The minimum absolute atomic E-state index is 0.348. The largest absolute Gasteiger partial charge is 0.481 e. The van der Waals surface area contributed by atoms with Gasteiger partial charge in [-0.25, -0.2) is 0 Å². The number of nitrogens with one attached hydrogen (secondary N) is 1. The van der Waals surface area contributed by atoms with E-state index < -0.39 is 12.0 Å². The van der Waals surface area contributed by atoms with Crippen LogP contribution in [0.3, 0.4) is 0 Å². The second kappa shape index (κ2) is 7.23. The van der Waals surface area contributed by atoms with Crippen molar-refractivity contribution >= 4 is 39.8 Å². The van der Waals surface area contributed by atoms with E-state index in [0.29, 0.717) is 21.3 Å². The SMILES string of the molecule is Cc1cc(OC(C)C(=O)Nc2sc(C)c(C)c2C(N)=O)ccc1Cl. The predicted molar refractivity (Wildman–Crippen MR) is 97.2 cm³/mol. The monoisotopic (exact) mass is 366 g/mol. The van der Waals surface area contributed by atoms with E-state index in [2.05, 4.69) is 5.32 Å². The summed E-state index contributed by atoms with van der Waals surface area (Å²) in [6.45, 7) is 7.17. The summed E-state index contributed by atoms with van der Waals surface area (Å²) in [5.74, 6) is -0.367. The summed E-state index contributed by atoms with van der Waals surface area (Å²) in [6, 6.07) is 5.18. The molecule has 0 radical (unpaired) electrons. The fourth-order valence-corrected chi connectivity index (χ4v) is 3.36. The Morgan fingerprint density at radius 2 is 1.96 bits per heavy atom. The van der Waals surface area contributed by atoms with Gasteiger partial charge in [-0.3, -0.25) is 9.59 Å². The number of hydrogen-bond acceptors (Lipinski definition) is 4. The van der Waals surface area contributed by atoms with Crippen LogP contribution >= 0.6 is 22.9 Å². The Morgan fingerprint density at radius 1 is 1.29 bits per heavy atom. The zero-order chi connectivity index (χ0) is 18.0. The zero-order valence-corrected chi connectivity index (χ0v) is 15.5.